The van der Waals surface area contributed by atoms with Crippen molar-refractivity contribution in [3.63, 3.8) is 0 Å². The third-order valence-corrected chi connectivity index (χ3v) is 7.22. The zero-order valence-corrected chi connectivity index (χ0v) is 21.7. The zero-order valence-electron chi connectivity index (χ0n) is 21.7. The maximum absolute atomic E-state index is 13.2. The number of hydrogen-bond donors (Lipinski definition) is 1. The van der Waals surface area contributed by atoms with Crippen LogP contribution in [-0.4, -0.2) is 42.0 Å². The van der Waals surface area contributed by atoms with Crippen LogP contribution in [0.4, 0.5) is 11.4 Å². The average molecular weight is 493 g/mol. The first-order chi connectivity index (χ1) is 18.2. The van der Waals surface area contributed by atoms with E-state index < -0.39 is 0 Å². The van der Waals surface area contributed by atoms with Crippen LogP contribution >= 0.6 is 0 Å². The summed E-state index contributed by atoms with van der Waals surface area (Å²) in [5.41, 5.74) is 6.08. The van der Waals surface area contributed by atoms with Crippen LogP contribution in [0.1, 0.15) is 47.7 Å². The van der Waals surface area contributed by atoms with E-state index in [4.69, 9.17) is 0 Å². The summed E-state index contributed by atoms with van der Waals surface area (Å²) in [5, 5.41) is 4.25. The number of nitrogens with zero attached hydrogens (tertiary/aromatic N) is 3. The van der Waals surface area contributed by atoms with Crippen molar-refractivity contribution in [2.45, 2.75) is 39.2 Å². The predicted octanol–water partition coefficient (Wildman–Crippen LogP) is 6.54. The van der Waals surface area contributed by atoms with E-state index in [1.807, 2.05) is 36.5 Å². The molecule has 1 aliphatic heterocycles. The lowest BCUT2D eigenvalue weighted by Crippen LogP contribution is -2.46. The fourth-order valence-corrected chi connectivity index (χ4v) is 5.13. The van der Waals surface area contributed by atoms with Crippen molar-refractivity contribution in [1.82, 2.24) is 9.88 Å². The maximum atomic E-state index is 13.2. The Hall–Kier alpha value is -3.70. The summed E-state index contributed by atoms with van der Waals surface area (Å²) in [6.07, 6.45) is 6.51. The molecule has 1 fully saturated rings. The molecule has 0 radical (unpaired) electrons. The van der Waals surface area contributed by atoms with E-state index in [1.54, 1.807) is 0 Å². The first-order valence-electron chi connectivity index (χ1n) is 13.5. The van der Waals surface area contributed by atoms with Gasteiger partial charge >= 0.3 is 0 Å². The molecule has 1 aromatic heterocycles. The molecule has 1 amide bonds. The Kier molecular flexibility index (Phi) is 8.11. The number of aromatic nitrogens is 1. The number of aryl methyl sites for hydroxylation is 1. The molecule has 5 nitrogen and oxygen atoms in total. The van der Waals surface area contributed by atoms with Gasteiger partial charge in [0.1, 0.15) is 0 Å². The second kappa shape index (κ2) is 12.0. The van der Waals surface area contributed by atoms with Crippen molar-refractivity contribution < 1.29 is 4.79 Å². The van der Waals surface area contributed by atoms with Gasteiger partial charge < -0.3 is 10.2 Å². The van der Waals surface area contributed by atoms with Gasteiger partial charge in [-0.1, -0.05) is 80.4 Å². The highest BCUT2D eigenvalue weighted by Gasteiger charge is 2.23. The Balaban J connectivity index is 1.33. The topological polar surface area (TPSA) is 48.5 Å². The molecule has 190 valence electrons. The second-order valence-electron chi connectivity index (χ2n) is 9.89. The van der Waals surface area contributed by atoms with Gasteiger partial charge in [0.2, 0.25) is 0 Å². The molecule has 2 heterocycles. The van der Waals surface area contributed by atoms with Crippen LogP contribution in [0, 0.1) is 0 Å². The molecule has 1 aliphatic rings. The number of fused-ring (bicyclic) bond motifs is 1. The number of amides is 1. The Morgan fingerprint density at radius 3 is 2.32 bits per heavy atom. The first kappa shape index (κ1) is 25.0. The number of nitrogens with one attached hydrogen (secondary N) is 1. The third-order valence-electron chi connectivity index (χ3n) is 7.22. The molecule has 1 N–H and O–H groups in total. The van der Waals surface area contributed by atoms with E-state index in [-0.39, 0.29) is 5.91 Å². The minimum atomic E-state index is -0.0962. The van der Waals surface area contributed by atoms with E-state index in [0.717, 1.165) is 61.4 Å². The molecule has 5 heteroatoms. The van der Waals surface area contributed by atoms with Crippen molar-refractivity contribution in [3.8, 4) is 0 Å². The monoisotopic (exact) mass is 492 g/mol. The summed E-state index contributed by atoms with van der Waals surface area (Å²) < 4.78 is 0. The molecule has 5 rings (SSSR count). The molecule has 0 aliphatic carbocycles. The number of benzene rings is 3. The molecule has 0 saturated carbocycles. The molecule has 0 atom stereocenters. The smallest absolute Gasteiger partial charge is 0.255 e. The quantitative estimate of drug-likeness (QED) is 0.270. The predicted molar refractivity (Wildman–Crippen MR) is 153 cm³/mol. The van der Waals surface area contributed by atoms with Gasteiger partial charge in [0.05, 0.1) is 23.1 Å². The van der Waals surface area contributed by atoms with Crippen molar-refractivity contribution in [2.24, 2.45) is 0 Å². The van der Waals surface area contributed by atoms with Gasteiger partial charge in [0.15, 0.2) is 0 Å². The van der Waals surface area contributed by atoms with Gasteiger partial charge in [-0.25, -0.2) is 0 Å². The third kappa shape index (κ3) is 6.17. The number of carbonyl (C=O) groups excluding carboxylic acids is 1. The molecule has 37 heavy (non-hydrogen) atoms. The minimum absolute atomic E-state index is 0.0962. The van der Waals surface area contributed by atoms with Crippen molar-refractivity contribution in [1.29, 1.82) is 0 Å². The molecular weight excluding hydrogens is 456 g/mol. The van der Waals surface area contributed by atoms with Gasteiger partial charge in [-0.15, -0.1) is 0 Å². The number of anilines is 2. The lowest BCUT2D eigenvalue weighted by molar-refractivity contribution is 0.102. The molecule has 1 saturated heterocycles. The zero-order chi connectivity index (χ0) is 25.5. The summed E-state index contributed by atoms with van der Waals surface area (Å²) in [5.74, 6) is -0.0962. The lowest BCUT2D eigenvalue weighted by Gasteiger charge is -2.37. The summed E-state index contributed by atoms with van der Waals surface area (Å²) in [7, 11) is 0. The largest absolute Gasteiger partial charge is 0.367 e. The highest BCUT2D eigenvalue weighted by molar-refractivity contribution is 6.09. The summed E-state index contributed by atoms with van der Waals surface area (Å²) in [6, 6.07) is 26.9. The van der Waals surface area contributed by atoms with Gasteiger partial charge in [0, 0.05) is 43.7 Å². The molecule has 0 bridgehead atoms. The van der Waals surface area contributed by atoms with E-state index >= 15 is 0 Å². The molecule has 0 spiro atoms. The standard InChI is InChI=1S/C32H36N4O/c1-2-3-5-10-25-15-17-27(18-16-25)32(37)34-30-23-33-29-14-9-8-13-28(29)31(30)36-21-19-35(20-22-36)24-26-11-6-4-7-12-26/h4,6-9,11-18,23H,2-3,5,10,19-22,24H2,1H3,(H,34,37). The highest BCUT2D eigenvalue weighted by atomic mass is 16.1. The van der Waals surface area contributed by atoms with Crippen LogP contribution in [0.2, 0.25) is 0 Å². The molecule has 4 aromatic rings. The lowest BCUT2D eigenvalue weighted by atomic mass is 10.0. The normalized spacial score (nSPS) is 14.1. The number of piperazine rings is 1. The molecule has 3 aromatic carbocycles. The van der Waals surface area contributed by atoms with E-state index in [9.17, 15) is 4.79 Å². The van der Waals surface area contributed by atoms with Gasteiger partial charge in [-0.05, 0) is 42.2 Å². The molecular formula is C32H36N4O. The maximum Gasteiger partial charge on any atom is 0.255 e. The van der Waals surface area contributed by atoms with Crippen LogP contribution in [0.25, 0.3) is 10.9 Å². The number of unbranched alkanes of at least 4 members (excludes halogenated alkanes) is 2. The van der Waals surface area contributed by atoms with Crippen LogP contribution in [0.15, 0.2) is 85.1 Å². The van der Waals surface area contributed by atoms with Crippen LogP contribution in [-0.2, 0) is 13.0 Å². The van der Waals surface area contributed by atoms with Crippen molar-refractivity contribution in [2.75, 3.05) is 36.4 Å². The van der Waals surface area contributed by atoms with Crippen LogP contribution in [0.5, 0.6) is 0 Å². The Morgan fingerprint density at radius 1 is 0.838 bits per heavy atom. The number of carbonyl (C=O) groups is 1. The van der Waals surface area contributed by atoms with Gasteiger partial charge in [-0.3, -0.25) is 14.7 Å². The Bertz CT molecular complexity index is 1310. The van der Waals surface area contributed by atoms with Crippen molar-refractivity contribution >= 4 is 28.2 Å². The fraction of sp³-hybridized carbons (Fsp3) is 0.312. The number of para-hydroxylation sites is 1. The van der Waals surface area contributed by atoms with E-state index in [0.29, 0.717) is 5.56 Å². The first-order valence-corrected chi connectivity index (χ1v) is 13.5. The van der Waals surface area contributed by atoms with E-state index in [2.05, 4.69) is 75.6 Å². The minimum Gasteiger partial charge on any atom is -0.367 e. The van der Waals surface area contributed by atoms with Crippen LogP contribution in [0.3, 0.4) is 0 Å². The fourth-order valence-electron chi connectivity index (χ4n) is 5.13. The van der Waals surface area contributed by atoms with Crippen LogP contribution < -0.4 is 10.2 Å². The number of pyridine rings is 1. The Morgan fingerprint density at radius 2 is 1.57 bits per heavy atom. The second-order valence-corrected chi connectivity index (χ2v) is 9.89. The average Bonchev–Trinajstić information content (AvgIpc) is 2.94. The van der Waals surface area contributed by atoms with Crippen molar-refractivity contribution in [3.05, 3.63) is 102 Å². The summed E-state index contributed by atoms with van der Waals surface area (Å²) in [4.78, 5) is 22.8. The SMILES string of the molecule is CCCCCc1ccc(C(=O)Nc2cnc3ccccc3c2N2CCN(Cc3ccccc3)CC2)cc1. The van der Waals surface area contributed by atoms with Gasteiger partial charge in [-0.2, -0.15) is 0 Å². The Labute approximate surface area is 220 Å². The summed E-state index contributed by atoms with van der Waals surface area (Å²) >= 11 is 0. The van der Waals surface area contributed by atoms with Gasteiger partial charge in [0.25, 0.3) is 5.91 Å². The van der Waals surface area contributed by atoms with E-state index in [1.165, 1.54) is 30.4 Å². The molecule has 0 unspecified atom stereocenters. The summed E-state index contributed by atoms with van der Waals surface area (Å²) in [6.45, 7) is 6.92. The number of hydrogen-bond acceptors (Lipinski definition) is 4. The highest BCUT2D eigenvalue weighted by Crippen LogP contribution is 2.34. The number of rotatable bonds is 9.